The van der Waals surface area contributed by atoms with E-state index in [4.69, 9.17) is 0 Å². The summed E-state index contributed by atoms with van der Waals surface area (Å²) in [5.41, 5.74) is 3.15. The van der Waals surface area contributed by atoms with Crippen molar-refractivity contribution in [3.63, 3.8) is 0 Å². The molecule has 3 rings (SSSR count). The fourth-order valence-electron chi connectivity index (χ4n) is 3.39. The summed E-state index contributed by atoms with van der Waals surface area (Å²) in [4.78, 5) is 28.4. The van der Waals surface area contributed by atoms with E-state index in [1.807, 2.05) is 43.3 Å². The fourth-order valence-corrected chi connectivity index (χ4v) is 3.39. The molecule has 1 amide bonds. The third-order valence-electron chi connectivity index (χ3n) is 4.83. The van der Waals surface area contributed by atoms with Gasteiger partial charge in [0.15, 0.2) is 0 Å². The number of carbonyl (C=O) groups is 2. The second-order valence-corrected chi connectivity index (χ2v) is 6.64. The summed E-state index contributed by atoms with van der Waals surface area (Å²) in [6.45, 7) is 2.20. The van der Waals surface area contributed by atoms with Gasteiger partial charge in [-0.05, 0) is 36.2 Å². The van der Waals surface area contributed by atoms with E-state index in [9.17, 15) is 14.7 Å². The zero-order chi connectivity index (χ0) is 18.1. The summed E-state index contributed by atoms with van der Waals surface area (Å²) in [6, 6.07) is 14.5. The number of fused-ring (bicyclic) bond motifs is 1. The summed E-state index contributed by atoms with van der Waals surface area (Å²) in [6.07, 6.45) is 0. The van der Waals surface area contributed by atoms with Crippen molar-refractivity contribution in [2.45, 2.75) is 25.4 Å². The molecule has 0 fully saturated rings. The average molecular weight is 338 g/mol. The van der Waals surface area contributed by atoms with Crippen LogP contribution >= 0.6 is 0 Å². The van der Waals surface area contributed by atoms with Gasteiger partial charge >= 0.3 is 5.97 Å². The maximum absolute atomic E-state index is 12.9. The van der Waals surface area contributed by atoms with Crippen molar-refractivity contribution in [1.29, 1.82) is 0 Å². The largest absolute Gasteiger partial charge is 0.481 e. The molecule has 2 unspecified atom stereocenters. The normalized spacial score (nSPS) is 19.5. The molecule has 2 aromatic carbocycles. The Hall–Kier alpha value is -2.82. The highest BCUT2D eigenvalue weighted by atomic mass is 16.4. The molecule has 2 aromatic rings. The Morgan fingerprint density at radius 1 is 1.12 bits per heavy atom. The number of carboxylic acid groups (broad SMARTS) is 1. The smallest absolute Gasteiger partial charge is 0.313 e. The number of carbonyl (C=O) groups excluding carboxylic acids is 1. The zero-order valence-electron chi connectivity index (χ0n) is 14.6. The first kappa shape index (κ1) is 17.0. The lowest BCUT2D eigenvalue weighted by Crippen LogP contribution is -2.48. The Bertz CT molecular complexity index is 799. The van der Waals surface area contributed by atoms with Crippen LogP contribution < -0.4 is 4.90 Å². The van der Waals surface area contributed by atoms with Crippen molar-refractivity contribution in [3.8, 4) is 0 Å². The van der Waals surface area contributed by atoms with E-state index in [0.717, 1.165) is 11.3 Å². The molecule has 5 nitrogen and oxygen atoms in total. The lowest BCUT2D eigenvalue weighted by Gasteiger charge is -2.38. The minimum absolute atomic E-state index is 0.114. The number of benzene rings is 2. The van der Waals surface area contributed by atoms with Crippen molar-refractivity contribution in [2.24, 2.45) is 0 Å². The highest BCUT2D eigenvalue weighted by molar-refractivity contribution is 6.00. The highest BCUT2D eigenvalue weighted by Crippen LogP contribution is 2.34. The number of amides is 1. The summed E-state index contributed by atoms with van der Waals surface area (Å²) in [5.74, 6) is -1.73. The van der Waals surface area contributed by atoms with Gasteiger partial charge in [0.2, 0.25) is 0 Å². The van der Waals surface area contributed by atoms with E-state index in [-0.39, 0.29) is 5.91 Å². The SMILES string of the molecule is CC1C(C(=O)O)c2ccccc2C(=O)N1Cc1ccc(N(C)C)cc1. The summed E-state index contributed by atoms with van der Waals surface area (Å²) in [7, 11) is 3.94. The molecule has 0 spiro atoms. The predicted molar refractivity (Wildman–Crippen MR) is 96.9 cm³/mol. The minimum atomic E-state index is -0.902. The van der Waals surface area contributed by atoms with Crippen LogP contribution in [0.5, 0.6) is 0 Å². The molecule has 25 heavy (non-hydrogen) atoms. The van der Waals surface area contributed by atoms with Crippen molar-refractivity contribution in [1.82, 2.24) is 4.90 Å². The van der Waals surface area contributed by atoms with Crippen molar-refractivity contribution in [2.75, 3.05) is 19.0 Å². The van der Waals surface area contributed by atoms with Crippen molar-refractivity contribution < 1.29 is 14.7 Å². The molecular formula is C20H22N2O3. The number of nitrogens with zero attached hydrogens (tertiary/aromatic N) is 2. The second-order valence-electron chi connectivity index (χ2n) is 6.64. The molecule has 0 saturated carbocycles. The van der Waals surface area contributed by atoms with Gasteiger partial charge in [-0.1, -0.05) is 30.3 Å². The van der Waals surface area contributed by atoms with Crippen molar-refractivity contribution in [3.05, 3.63) is 65.2 Å². The molecule has 0 bridgehead atoms. The van der Waals surface area contributed by atoms with Crippen LogP contribution in [0.2, 0.25) is 0 Å². The summed E-state index contributed by atoms with van der Waals surface area (Å²) >= 11 is 0. The number of hydrogen-bond acceptors (Lipinski definition) is 3. The molecule has 0 radical (unpaired) electrons. The number of aliphatic carboxylic acids is 1. The number of anilines is 1. The van der Waals surface area contributed by atoms with Gasteiger partial charge in [-0.25, -0.2) is 0 Å². The van der Waals surface area contributed by atoms with E-state index in [1.54, 1.807) is 36.1 Å². The molecule has 0 saturated heterocycles. The lowest BCUT2D eigenvalue weighted by molar-refractivity contribution is -0.140. The topological polar surface area (TPSA) is 60.9 Å². The number of rotatable bonds is 4. The molecule has 0 aliphatic carbocycles. The van der Waals surface area contributed by atoms with Gasteiger partial charge in [-0.2, -0.15) is 0 Å². The third kappa shape index (κ3) is 3.09. The first-order valence-electron chi connectivity index (χ1n) is 8.29. The quantitative estimate of drug-likeness (QED) is 0.931. The molecule has 5 heteroatoms. The van der Waals surface area contributed by atoms with E-state index < -0.39 is 17.9 Å². The van der Waals surface area contributed by atoms with Crippen LogP contribution in [0.25, 0.3) is 0 Å². The van der Waals surface area contributed by atoms with Gasteiger partial charge < -0.3 is 14.9 Å². The summed E-state index contributed by atoms with van der Waals surface area (Å²) in [5, 5.41) is 9.68. The fraction of sp³-hybridized carbons (Fsp3) is 0.300. The average Bonchev–Trinajstić information content (AvgIpc) is 2.59. The van der Waals surface area contributed by atoms with E-state index >= 15 is 0 Å². The monoisotopic (exact) mass is 338 g/mol. The standard InChI is InChI=1S/C20H22N2O3/c1-13-18(20(24)25)16-6-4-5-7-17(16)19(23)22(13)12-14-8-10-15(11-9-14)21(2)3/h4-11,13,18H,12H2,1-3H3,(H,24,25). The number of carboxylic acids is 1. The van der Waals surface area contributed by atoms with Gasteiger partial charge in [0.1, 0.15) is 5.92 Å². The van der Waals surface area contributed by atoms with E-state index in [0.29, 0.717) is 17.7 Å². The Morgan fingerprint density at radius 3 is 2.36 bits per heavy atom. The third-order valence-corrected chi connectivity index (χ3v) is 4.83. The van der Waals surface area contributed by atoms with Gasteiger partial charge in [0, 0.05) is 37.9 Å². The van der Waals surface area contributed by atoms with E-state index in [1.165, 1.54) is 0 Å². The molecule has 1 heterocycles. The van der Waals surface area contributed by atoms with Gasteiger partial charge in [0.25, 0.3) is 5.91 Å². The van der Waals surface area contributed by atoms with Crippen LogP contribution in [0.1, 0.15) is 34.3 Å². The first-order chi connectivity index (χ1) is 11.9. The predicted octanol–water partition coefficient (Wildman–Crippen LogP) is 2.97. The Kier molecular flexibility index (Phi) is 4.49. The van der Waals surface area contributed by atoms with Crippen molar-refractivity contribution >= 4 is 17.6 Å². The second kappa shape index (κ2) is 6.59. The lowest BCUT2D eigenvalue weighted by atomic mass is 9.83. The zero-order valence-corrected chi connectivity index (χ0v) is 14.6. The van der Waals surface area contributed by atoms with Crippen LogP contribution in [-0.4, -0.2) is 42.0 Å². The Balaban J connectivity index is 1.93. The molecule has 0 aromatic heterocycles. The molecule has 1 aliphatic rings. The van der Waals surface area contributed by atoms with Crippen LogP contribution in [-0.2, 0) is 11.3 Å². The molecule has 2 atom stereocenters. The van der Waals surface area contributed by atoms with Crippen LogP contribution in [0.15, 0.2) is 48.5 Å². The van der Waals surface area contributed by atoms with Gasteiger partial charge in [-0.3, -0.25) is 9.59 Å². The first-order valence-corrected chi connectivity index (χ1v) is 8.29. The Morgan fingerprint density at radius 2 is 1.76 bits per heavy atom. The molecule has 1 aliphatic heterocycles. The van der Waals surface area contributed by atoms with E-state index in [2.05, 4.69) is 0 Å². The maximum Gasteiger partial charge on any atom is 0.313 e. The van der Waals surface area contributed by atoms with Gasteiger partial charge in [-0.15, -0.1) is 0 Å². The minimum Gasteiger partial charge on any atom is -0.481 e. The highest BCUT2D eigenvalue weighted by Gasteiger charge is 2.40. The molecule has 1 N–H and O–H groups in total. The number of hydrogen-bond donors (Lipinski definition) is 1. The molecular weight excluding hydrogens is 316 g/mol. The maximum atomic E-state index is 12.9. The van der Waals surface area contributed by atoms with Crippen LogP contribution in [0.3, 0.4) is 0 Å². The van der Waals surface area contributed by atoms with Crippen LogP contribution in [0, 0.1) is 0 Å². The Labute approximate surface area is 147 Å². The van der Waals surface area contributed by atoms with Gasteiger partial charge in [0.05, 0.1) is 0 Å². The summed E-state index contributed by atoms with van der Waals surface area (Å²) < 4.78 is 0. The van der Waals surface area contributed by atoms with Crippen LogP contribution in [0.4, 0.5) is 5.69 Å². The molecule has 130 valence electrons.